The molecule has 5 heteroatoms. The number of benzene rings is 1. The van der Waals surface area contributed by atoms with E-state index in [0.717, 1.165) is 44.0 Å². The van der Waals surface area contributed by atoms with Gasteiger partial charge in [0.05, 0.1) is 24.3 Å². The van der Waals surface area contributed by atoms with Crippen LogP contribution in [0.4, 0.5) is 0 Å². The minimum Gasteiger partial charge on any atom is -0.378 e. The van der Waals surface area contributed by atoms with E-state index in [-0.39, 0.29) is 11.8 Å². The minimum atomic E-state index is -0.0969. The SMILES string of the molecule is CCC1CC(CCC2CC(CC)C(COCC3CO3)C2)C(CN2C(=O)c3ccccc3C2=O)C1. The Morgan fingerprint density at radius 1 is 0.824 bits per heavy atom. The molecule has 2 aliphatic carbocycles. The molecular weight excluding hydrogens is 426 g/mol. The first-order chi connectivity index (χ1) is 16.6. The molecule has 0 radical (unpaired) electrons. The molecule has 2 amide bonds. The van der Waals surface area contributed by atoms with E-state index < -0.39 is 0 Å². The number of hydrogen-bond acceptors (Lipinski definition) is 4. The molecule has 2 heterocycles. The molecule has 5 rings (SSSR count). The standard InChI is InChI=1S/C29H41NO4/c1-3-19-11-22(10-9-20-13-21(4-2)24(14-20)16-33-17-25-18-34-25)23(12-19)15-30-28(31)26-7-5-6-8-27(26)29(30)32/h5-8,19-25H,3-4,9-18H2,1-2H3. The fourth-order valence-corrected chi connectivity index (χ4v) is 7.13. The molecule has 1 saturated heterocycles. The average Bonchev–Trinajstić information content (AvgIpc) is 3.39. The first-order valence-corrected chi connectivity index (χ1v) is 13.7. The van der Waals surface area contributed by atoms with Crippen molar-refractivity contribution in [1.29, 1.82) is 0 Å². The van der Waals surface area contributed by atoms with Crippen molar-refractivity contribution in [2.75, 3.05) is 26.4 Å². The zero-order valence-electron chi connectivity index (χ0n) is 20.9. The molecule has 0 spiro atoms. The van der Waals surface area contributed by atoms with Crippen molar-refractivity contribution in [1.82, 2.24) is 4.90 Å². The molecule has 1 aromatic rings. The Labute approximate surface area is 204 Å². The third-order valence-electron chi connectivity index (χ3n) is 9.26. The third kappa shape index (κ3) is 5.11. The zero-order valence-corrected chi connectivity index (χ0v) is 20.9. The number of fused-ring (bicyclic) bond motifs is 1. The van der Waals surface area contributed by atoms with Gasteiger partial charge in [0.25, 0.3) is 11.8 Å². The maximum absolute atomic E-state index is 12.9. The predicted molar refractivity (Wildman–Crippen MR) is 132 cm³/mol. The summed E-state index contributed by atoms with van der Waals surface area (Å²) in [7, 11) is 0. The molecular formula is C29H41NO4. The van der Waals surface area contributed by atoms with Crippen LogP contribution in [-0.2, 0) is 9.47 Å². The lowest BCUT2D eigenvalue weighted by Gasteiger charge is -2.25. The van der Waals surface area contributed by atoms with Crippen LogP contribution in [0.2, 0.25) is 0 Å². The van der Waals surface area contributed by atoms with Crippen LogP contribution in [0.5, 0.6) is 0 Å². The van der Waals surface area contributed by atoms with E-state index in [9.17, 15) is 9.59 Å². The Hall–Kier alpha value is -1.72. The summed E-state index contributed by atoms with van der Waals surface area (Å²) in [5.74, 6) is 3.85. The molecule has 0 aromatic heterocycles. The van der Waals surface area contributed by atoms with Gasteiger partial charge in [-0.3, -0.25) is 14.5 Å². The van der Waals surface area contributed by atoms with Crippen molar-refractivity contribution in [2.24, 2.45) is 35.5 Å². The highest BCUT2D eigenvalue weighted by atomic mass is 16.6. The predicted octanol–water partition coefficient (Wildman–Crippen LogP) is 5.58. The van der Waals surface area contributed by atoms with Crippen molar-refractivity contribution in [2.45, 2.75) is 71.3 Å². The summed E-state index contributed by atoms with van der Waals surface area (Å²) in [5, 5.41) is 0. The largest absolute Gasteiger partial charge is 0.378 e. The lowest BCUT2D eigenvalue weighted by Crippen LogP contribution is -2.35. The molecule has 5 nitrogen and oxygen atoms in total. The molecule has 2 saturated carbocycles. The van der Waals surface area contributed by atoms with Gasteiger partial charge < -0.3 is 9.47 Å². The third-order valence-corrected chi connectivity index (χ3v) is 9.26. The Morgan fingerprint density at radius 2 is 1.47 bits per heavy atom. The van der Waals surface area contributed by atoms with Crippen LogP contribution in [0.1, 0.15) is 85.9 Å². The number of amides is 2. The van der Waals surface area contributed by atoms with Crippen LogP contribution >= 0.6 is 0 Å². The van der Waals surface area contributed by atoms with Crippen molar-refractivity contribution in [3.8, 4) is 0 Å². The van der Waals surface area contributed by atoms with Gasteiger partial charge in [-0.25, -0.2) is 0 Å². The molecule has 3 fully saturated rings. The Kier molecular flexibility index (Phi) is 7.41. The number of carbonyl (C=O) groups excluding carboxylic acids is 2. The normalized spacial score (nSPS) is 34.8. The Morgan fingerprint density at radius 3 is 2.12 bits per heavy atom. The summed E-state index contributed by atoms with van der Waals surface area (Å²) < 4.78 is 11.3. The molecule has 186 valence electrons. The van der Waals surface area contributed by atoms with Crippen LogP contribution in [0.3, 0.4) is 0 Å². The highest BCUT2D eigenvalue weighted by Crippen LogP contribution is 2.46. The maximum Gasteiger partial charge on any atom is 0.261 e. The summed E-state index contributed by atoms with van der Waals surface area (Å²) >= 11 is 0. The van der Waals surface area contributed by atoms with Crippen LogP contribution in [0.15, 0.2) is 24.3 Å². The molecule has 2 aliphatic heterocycles. The van der Waals surface area contributed by atoms with Gasteiger partial charge >= 0.3 is 0 Å². The fourth-order valence-electron chi connectivity index (χ4n) is 7.13. The first kappa shape index (κ1) is 24.0. The van der Waals surface area contributed by atoms with Crippen LogP contribution in [0.25, 0.3) is 0 Å². The van der Waals surface area contributed by atoms with Crippen molar-refractivity contribution >= 4 is 11.8 Å². The maximum atomic E-state index is 12.9. The van der Waals surface area contributed by atoms with Gasteiger partial charge in [0.1, 0.15) is 6.10 Å². The summed E-state index contributed by atoms with van der Waals surface area (Å²) in [6.07, 6.45) is 10.3. The van der Waals surface area contributed by atoms with Crippen LogP contribution < -0.4 is 0 Å². The summed E-state index contributed by atoms with van der Waals surface area (Å²) in [5.41, 5.74) is 1.15. The summed E-state index contributed by atoms with van der Waals surface area (Å²) in [6.45, 7) is 7.72. The zero-order chi connectivity index (χ0) is 23.7. The molecule has 34 heavy (non-hydrogen) atoms. The second kappa shape index (κ2) is 10.5. The van der Waals surface area contributed by atoms with Crippen molar-refractivity contribution in [3.05, 3.63) is 35.4 Å². The molecule has 0 N–H and O–H groups in total. The topological polar surface area (TPSA) is 59.1 Å². The second-order valence-electron chi connectivity index (χ2n) is 11.4. The molecule has 4 aliphatic rings. The van der Waals surface area contributed by atoms with E-state index in [4.69, 9.17) is 9.47 Å². The minimum absolute atomic E-state index is 0.0969. The van der Waals surface area contributed by atoms with Crippen molar-refractivity contribution in [3.63, 3.8) is 0 Å². The van der Waals surface area contributed by atoms with Gasteiger partial charge in [-0.15, -0.1) is 0 Å². The summed E-state index contributed by atoms with van der Waals surface area (Å²) in [4.78, 5) is 27.4. The van der Waals surface area contributed by atoms with E-state index in [1.54, 1.807) is 17.0 Å². The second-order valence-corrected chi connectivity index (χ2v) is 11.4. The Bertz CT molecular complexity index is 846. The lowest BCUT2D eigenvalue weighted by molar-refractivity contribution is 0.0614. The van der Waals surface area contributed by atoms with Gasteiger partial charge in [-0.2, -0.15) is 0 Å². The van der Waals surface area contributed by atoms with Gasteiger partial charge in [0.2, 0.25) is 0 Å². The monoisotopic (exact) mass is 467 g/mol. The Balaban J connectivity index is 1.16. The van der Waals surface area contributed by atoms with E-state index in [2.05, 4.69) is 13.8 Å². The molecule has 0 bridgehead atoms. The number of rotatable bonds is 11. The molecule has 1 aromatic carbocycles. The number of ether oxygens (including phenoxy) is 2. The fraction of sp³-hybridized carbons (Fsp3) is 0.724. The van der Waals surface area contributed by atoms with E-state index >= 15 is 0 Å². The number of nitrogens with zero attached hydrogens (tertiary/aromatic N) is 1. The number of carbonyl (C=O) groups is 2. The molecule has 7 unspecified atom stereocenters. The highest BCUT2D eigenvalue weighted by molar-refractivity contribution is 6.21. The molecule has 7 atom stereocenters. The van der Waals surface area contributed by atoms with E-state index in [1.165, 1.54) is 44.9 Å². The van der Waals surface area contributed by atoms with Gasteiger partial charge in [0, 0.05) is 13.2 Å². The number of epoxide rings is 1. The highest BCUT2D eigenvalue weighted by Gasteiger charge is 2.41. The smallest absolute Gasteiger partial charge is 0.261 e. The van der Waals surface area contributed by atoms with E-state index in [1.807, 2.05) is 12.1 Å². The van der Waals surface area contributed by atoms with Crippen LogP contribution in [-0.4, -0.2) is 49.2 Å². The summed E-state index contributed by atoms with van der Waals surface area (Å²) in [6, 6.07) is 7.28. The number of hydrogen-bond donors (Lipinski definition) is 0. The average molecular weight is 468 g/mol. The van der Waals surface area contributed by atoms with Crippen molar-refractivity contribution < 1.29 is 19.1 Å². The number of imide groups is 1. The quantitative estimate of drug-likeness (QED) is 0.315. The first-order valence-electron chi connectivity index (χ1n) is 13.7. The van der Waals surface area contributed by atoms with Crippen LogP contribution in [0, 0.1) is 35.5 Å². The van der Waals surface area contributed by atoms with Gasteiger partial charge in [-0.05, 0) is 79.7 Å². The lowest BCUT2D eigenvalue weighted by atomic mass is 9.87. The van der Waals surface area contributed by atoms with Gasteiger partial charge in [-0.1, -0.05) is 45.2 Å². The van der Waals surface area contributed by atoms with Gasteiger partial charge in [0.15, 0.2) is 0 Å². The van der Waals surface area contributed by atoms with E-state index in [0.29, 0.717) is 41.5 Å².